The first-order chi connectivity index (χ1) is 13.7. The molecule has 4 rings (SSSR count). The molecule has 3 aromatic rings. The van der Waals surface area contributed by atoms with Gasteiger partial charge in [-0.05, 0) is 49.1 Å². The molecule has 28 heavy (non-hydrogen) atoms. The van der Waals surface area contributed by atoms with Gasteiger partial charge in [0.15, 0.2) is 11.4 Å². The second kappa shape index (κ2) is 7.91. The number of aromatic hydroxyl groups is 1. The minimum Gasteiger partial charge on any atom is -0.505 e. The van der Waals surface area contributed by atoms with Crippen LogP contribution in [0, 0.1) is 17.2 Å². The van der Waals surface area contributed by atoms with E-state index < -0.39 is 5.91 Å². The molecule has 140 valence electrons. The smallest absolute Gasteiger partial charge is 0.273 e. The molecule has 1 saturated carbocycles. The lowest BCUT2D eigenvalue weighted by Gasteiger charge is -2.25. The number of pyridine rings is 1. The third-order valence-corrected chi connectivity index (χ3v) is 6.02. The largest absolute Gasteiger partial charge is 0.505 e. The number of aromatic nitrogens is 1. The maximum absolute atomic E-state index is 12.5. The van der Waals surface area contributed by atoms with Crippen LogP contribution in [0.25, 0.3) is 10.8 Å². The van der Waals surface area contributed by atoms with E-state index in [1.165, 1.54) is 6.42 Å². The summed E-state index contributed by atoms with van der Waals surface area (Å²) in [5, 5.41) is 24.0. The van der Waals surface area contributed by atoms with Crippen molar-refractivity contribution in [1.29, 1.82) is 5.26 Å². The van der Waals surface area contributed by atoms with Crippen LogP contribution in [0.15, 0.2) is 58.3 Å². The maximum atomic E-state index is 12.5. The molecule has 1 aromatic heterocycles. The first kappa shape index (κ1) is 18.3. The Bertz CT molecular complexity index is 1070. The highest BCUT2D eigenvalue weighted by Crippen LogP contribution is 2.35. The Morgan fingerprint density at radius 1 is 1.18 bits per heavy atom. The first-order valence-corrected chi connectivity index (χ1v) is 10.1. The van der Waals surface area contributed by atoms with Gasteiger partial charge in [-0.25, -0.2) is 4.98 Å². The Kier molecular flexibility index (Phi) is 5.18. The summed E-state index contributed by atoms with van der Waals surface area (Å²) in [6.45, 7) is 0.576. The Morgan fingerprint density at radius 2 is 1.96 bits per heavy atom. The summed E-state index contributed by atoms with van der Waals surface area (Å²) in [5.41, 5.74) is 0.0453. The predicted octanol–water partition coefficient (Wildman–Crippen LogP) is 4.49. The quantitative estimate of drug-likeness (QED) is 0.671. The van der Waals surface area contributed by atoms with Gasteiger partial charge < -0.3 is 10.4 Å². The number of nitriles is 1. The van der Waals surface area contributed by atoms with Crippen molar-refractivity contribution in [3.8, 4) is 11.8 Å². The normalized spacial score (nSPS) is 13.7. The van der Waals surface area contributed by atoms with Crippen molar-refractivity contribution < 1.29 is 9.90 Å². The molecule has 1 fully saturated rings. The third kappa shape index (κ3) is 3.67. The second-order valence-corrected chi connectivity index (χ2v) is 8.05. The highest BCUT2D eigenvalue weighted by molar-refractivity contribution is 7.99. The fraction of sp³-hybridized carbons (Fsp3) is 0.227. The summed E-state index contributed by atoms with van der Waals surface area (Å²) in [5.74, 6) is -0.124. The van der Waals surface area contributed by atoms with Crippen molar-refractivity contribution in [2.75, 3.05) is 6.54 Å². The fourth-order valence-corrected chi connectivity index (χ4v) is 4.11. The fourth-order valence-electron chi connectivity index (χ4n) is 3.23. The molecule has 0 saturated heterocycles. The van der Waals surface area contributed by atoms with Gasteiger partial charge in [0.1, 0.15) is 11.8 Å². The van der Waals surface area contributed by atoms with Crippen LogP contribution in [0.3, 0.4) is 0 Å². The van der Waals surface area contributed by atoms with Crippen LogP contribution >= 0.6 is 11.8 Å². The molecular formula is C22H19N3O2S. The zero-order valence-corrected chi connectivity index (χ0v) is 16.0. The monoisotopic (exact) mass is 389 g/mol. The van der Waals surface area contributed by atoms with Gasteiger partial charge >= 0.3 is 0 Å². The lowest BCUT2D eigenvalue weighted by molar-refractivity contribution is 0.0931. The Labute approximate surface area is 167 Å². The minimum absolute atomic E-state index is 0.0909. The molecule has 0 radical (unpaired) electrons. The number of benzene rings is 2. The van der Waals surface area contributed by atoms with Crippen molar-refractivity contribution >= 4 is 28.4 Å². The lowest BCUT2D eigenvalue weighted by atomic mass is 9.85. The number of hydrogen-bond donors (Lipinski definition) is 2. The molecule has 1 aliphatic carbocycles. The van der Waals surface area contributed by atoms with Crippen molar-refractivity contribution in [1.82, 2.24) is 10.3 Å². The number of carbonyl (C=O) groups is 1. The van der Waals surface area contributed by atoms with Gasteiger partial charge in [-0.15, -0.1) is 0 Å². The van der Waals surface area contributed by atoms with Gasteiger partial charge in [0, 0.05) is 27.1 Å². The van der Waals surface area contributed by atoms with Crippen LogP contribution in [0.5, 0.6) is 5.75 Å². The van der Waals surface area contributed by atoms with Crippen molar-refractivity contribution in [3.63, 3.8) is 0 Å². The van der Waals surface area contributed by atoms with Crippen molar-refractivity contribution in [3.05, 3.63) is 59.9 Å². The number of amides is 1. The molecule has 0 aliphatic heterocycles. The molecule has 1 amide bonds. The van der Waals surface area contributed by atoms with Gasteiger partial charge in [-0.1, -0.05) is 36.4 Å². The van der Waals surface area contributed by atoms with E-state index in [0.29, 0.717) is 23.2 Å². The number of nitrogens with zero attached hydrogens (tertiary/aromatic N) is 2. The van der Waals surface area contributed by atoms with E-state index in [4.69, 9.17) is 0 Å². The summed E-state index contributed by atoms with van der Waals surface area (Å²) >= 11 is 1.56. The average Bonchev–Trinajstić information content (AvgIpc) is 2.68. The maximum Gasteiger partial charge on any atom is 0.273 e. The molecule has 1 heterocycles. The highest BCUT2D eigenvalue weighted by Gasteiger charge is 2.22. The van der Waals surface area contributed by atoms with E-state index in [0.717, 1.165) is 22.6 Å². The molecule has 0 unspecified atom stereocenters. The van der Waals surface area contributed by atoms with Gasteiger partial charge in [-0.2, -0.15) is 5.26 Å². The van der Waals surface area contributed by atoms with E-state index in [-0.39, 0.29) is 17.1 Å². The van der Waals surface area contributed by atoms with Crippen LogP contribution in [-0.2, 0) is 0 Å². The zero-order chi connectivity index (χ0) is 19.5. The molecule has 1 aliphatic rings. The van der Waals surface area contributed by atoms with Crippen LogP contribution in [0.4, 0.5) is 0 Å². The summed E-state index contributed by atoms with van der Waals surface area (Å²) in [6, 6.07) is 17.4. The summed E-state index contributed by atoms with van der Waals surface area (Å²) in [6.07, 6.45) is 3.42. The SMILES string of the molecule is N#Cc1nc(C(=O)NCC2CCC2)c(O)c2ccc(Sc3ccccc3)cc12. The molecule has 0 atom stereocenters. The number of nitrogens with one attached hydrogen (secondary N) is 1. The Morgan fingerprint density at radius 3 is 2.64 bits per heavy atom. The number of fused-ring (bicyclic) bond motifs is 1. The van der Waals surface area contributed by atoms with Gasteiger partial charge in [0.05, 0.1) is 0 Å². The van der Waals surface area contributed by atoms with Gasteiger partial charge in [0.25, 0.3) is 5.91 Å². The molecule has 0 spiro atoms. The van der Waals surface area contributed by atoms with E-state index in [9.17, 15) is 15.2 Å². The molecule has 2 N–H and O–H groups in total. The molecular weight excluding hydrogens is 370 g/mol. The second-order valence-electron chi connectivity index (χ2n) is 6.90. The van der Waals surface area contributed by atoms with Crippen LogP contribution in [0.1, 0.15) is 35.4 Å². The van der Waals surface area contributed by atoms with Crippen LogP contribution < -0.4 is 5.32 Å². The summed E-state index contributed by atoms with van der Waals surface area (Å²) < 4.78 is 0. The summed E-state index contributed by atoms with van der Waals surface area (Å²) in [4.78, 5) is 18.6. The van der Waals surface area contributed by atoms with E-state index >= 15 is 0 Å². The van der Waals surface area contributed by atoms with E-state index in [1.807, 2.05) is 42.5 Å². The molecule has 2 aromatic carbocycles. The highest BCUT2D eigenvalue weighted by atomic mass is 32.2. The third-order valence-electron chi connectivity index (χ3n) is 5.03. The summed E-state index contributed by atoms with van der Waals surface area (Å²) in [7, 11) is 0. The number of hydrogen-bond acceptors (Lipinski definition) is 5. The van der Waals surface area contributed by atoms with E-state index in [2.05, 4.69) is 16.4 Å². The van der Waals surface area contributed by atoms with Gasteiger partial charge in [-0.3, -0.25) is 4.79 Å². The van der Waals surface area contributed by atoms with E-state index in [1.54, 1.807) is 17.8 Å². The number of carbonyl (C=O) groups excluding carboxylic acids is 1. The predicted molar refractivity (Wildman–Crippen MR) is 108 cm³/mol. The molecule has 6 heteroatoms. The topological polar surface area (TPSA) is 86.0 Å². The van der Waals surface area contributed by atoms with Crippen molar-refractivity contribution in [2.24, 2.45) is 5.92 Å². The molecule has 0 bridgehead atoms. The minimum atomic E-state index is -0.439. The standard InChI is InChI=1S/C22H19N3O2S/c23-12-19-18-11-16(28-15-7-2-1-3-8-15)9-10-17(18)21(26)20(25-19)22(27)24-13-14-5-4-6-14/h1-3,7-11,14,26H,4-6,13H2,(H,24,27). The van der Waals surface area contributed by atoms with Crippen LogP contribution in [-0.4, -0.2) is 22.5 Å². The Hall–Kier alpha value is -3.04. The zero-order valence-electron chi connectivity index (χ0n) is 15.2. The first-order valence-electron chi connectivity index (χ1n) is 9.23. The van der Waals surface area contributed by atoms with Gasteiger partial charge in [0.2, 0.25) is 0 Å². The molecule has 5 nitrogen and oxygen atoms in total. The average molecular weight is 389 g/mol. The van der Waals surface area contributed by atoms with Crippen LogP contribution in [0.2, 0.25) is 0 Å². The number of rotatable bonds is 5. The van der Waals surface area contributed by atoms with Crippen molar-refractivity contribution in [2.45, 2.75) is 29.1 Å². The Balaban J connectivity index is 1.66. The lowest BCUT2D eigenvalue weighted by Crippen LogP contribution is -2.32.